The average Bonchev–Trinajstić information content (AvgIpc) is 2.87. The quantitative estimate of drug-likeness (QED) is 0.803. The molecule has 0 spiro atoms. The van der Waals surface area contributed by atoms with Gasteiger partial charge in [-0.2, -0.15) is 0 Å². The Morgan fingerprint density at radius 3 is 2.56 bits per heavy atom. The summed E-state index contributed by atoms with van der Waals surface area (Å²) in [6.45, 7) is 1.31. The number of nitrogens with zero attached hydrogens (tertiary/aromatic N) is 1. The van der Waals surface area contributed by atoms with Crippen molar-refractivity contribution in [3.8, 4) is 5.75 Å². The van der Waals surface area contributed by atoms with Gasteiger partial charge in [-0.1, -0.05) is 6.07 Å². The highest BCUT2D eigenvalue weighted by Gasteiger charge is 2.23. The van der Waals surface area contributed by atoms with Gasteiger partial charge >= 0.3 is 5.97 Å². The second kappa shape index (κ2) is 7.58. The van der Waals surface area contributed by atoms with Crippen molar-refractivity contribution in [3.63, 3.8) is 0 Å². The normalized spacial score (nSPS) is 14.3. The van der Waals surface area contributed by atoms with Crippen LogP contribution in [0, 0.1) is 0 Å². The third kappa shape index (κ3) is 4.06. The van der Waals surface area contributed by atoms with Gasteiger partial charge in [-0.25, -0.2) is 18.4 Å². The molecule has 1 aliphatic heterocycles. The maximum absolute atomic E-state index is 12.3. The maximum Gasteiger partial charge on any atom is 0.340 e. The third-order valence-electron chi connectivity index (χ3n) is 4.69. The molecule has 1 heterocycles. The van der Waals surface area contributed by atoms with E-state index in [1.807, 2.05) is 18.2 Å². The predicted molar refractivity (Wildman–Crippen MR) is 102 cm³/mol. The largest absolute Gasteiger partial charge is 0.497 e. The molecular weight excluding hydrogens is 368 g/mol. The molecule has 0 radical (unpaired) electrons. The Bertz CT molecular complexity index is 972. The van der Waals surface area contributed by atoms with E-state index < -0.39 is 16.0 Å². The fourth-order valence-electron chi connectivity index (χ4n) is 3.31. The van der Waals surface area contributed by atoms with Crippen LogP contribution in [0.4, 0.5) is 5.69 Å². The summed E-state index contributed by atoms with van der Waals surface area (Å²) in [7, 11) is -1.02. The van der Waals surface area contributed by atoms with Crippen LogP contribution in [0.1, 0.15) is 27.9 Å². The Kier molecular flexibility index (Phi) is 5.38. The monoisotopic (exact) mass is 390 g/mol. The number of carbonyl (C=O) groups is 1. The van der Waals surface area contributed by atoms with Crippen LogP contribution < -0.4 is 14.8 Å². The minimum Gasteiger partial charge on any atom is -0.497 e. The Morgan fingerprint density at radius 2 is 1.89 bits per heavy atom. The van der Waals surface area contributed by atoms with Crippen molar-refractivity contribution in [2.45, 2.75) is 24.3 Å². The minimum absolute atomic E-state index is 0.119. The standard InChI is InChI=1S/C19H22N2O5S/c1-25-15-6-5-14-12-21(9-3-4-13(14)10-15)18-8-7-16(27(20,23)24)11-17(18)19(22)26-2/h5-8,10-11H,3-4,9,12H2,1-2H3,(H2,20,23,24). The fraction of sp³-hybridized carbons (Fsp3) is 0.316. The number of sulfonamides is 1. The van der Waals surface area contributed by atoms with Crippen LogP contribution in [0.25, 0.3) is 0 Å². The number of esters is 1. The van der Waals surface area contributed by atoms with Gasteiger partial charge in [0.2, 0.25) is 10.0 Å². The lowest BCUT2D eigenvalue weighted by Gasteiger charge is -2.25. The van der Waals surface area contributed by atoms with Gasteiger partial charge in [-0.15, -0.1) is 0 Å². The zero-order valence-corrected chi connectivity index (χ0v) is 16.1. The van der Waals surface area contributed by atoms with E-state index in [1.165, 1.54) is 24.8 Å². The molecule has 2 aromatic carbocycles. The molecule has 2 N–H and O–H groups in total. The first kappa shape index (κ1) is 19.2. The summed E-state index contributed by atoms with van der Waals surface area (Å²) in [5, 5.41) is 5.21. The van der Waals surface area contributed by atoms with Gasteiger partial charge in [-0.05, 0) is 54.3 Å². The minimum atomic E-state index is -3.92. The van der Waals surface area contributed by atoms with E-state index in [2.05, 4.69) is 4.90 Å². The zero-order valence-electron chi connectivity index (χ0n) is 15.3. The van der Waals surface area contributed by atoms with Gasteiger partial charge in [0.1, 0.15) is 5.75 Å². The second-order valence-electron chi connectivity index (χ2n) is 6.38. The van der Waals surface area contributed by atoms with Crippen LogP contribution in [-0.4, -0.2) is 35.2 Å². The number of rotatable bonds is 4. The van der Waals surface area contributed by atoms with Gasteiger partial charge in [0.25, 0.3) is 0 Å². The molecule has 0 unspecified atom stereocenters. The first-order chi connectivity index (χ1) is 12.8. The first-order valence-corrected chi connectivity index (χ1v) is 10.0. The van der Waals surface area contributed by atoms with E-state index in [0.717, 1.165) is 30.7 Å². The number of benzene rings is 2. The van der Waals surface area contributed by atoms with Crippen molar-refractivity contribution in [3.05, 3.63) is 53.1 Å². The highest BCUT2D eigenvalue weighted by Crippen LogP contribution is 2.30. The zero-order chi connectivity index (χ0) is 19.6. The molecule has 1 aliphatic rings. The first-order valence-electron chi connectivity index (χ1n) is 8.49. The summed E-state index contributed by atoms with van der Waals surface area (Å²) in [5.74, 6) is 0.213. The van der Waals surface area contributed by atoms with E-state index in [9.17, 15) is 13.2 Å². The SMILES string of the molecule is COC(=O)c1cc(S(N)(=O)=O)ccc1N1CCCc2cc(OC)ccc2C1. The smallest absolute Gasteiger partial charge is 0.340 e. The van der Waals surface area contributed by atoms with Gasteiger partial charge in [0.05, 0.1) is 30.4 Å². The van der Waals surface area contributed by atoms with Crippen molar-refractivity contribution >= 4 is 21.7 Å². The number of carbonyl (C=O) groups excluding carboxylic acids is 1. The lowest BCUT2D eigenvalue weighted by molar-refractivity contribution is 0.0601. The van der Waals surface area contributed by atoms with E-state index in [1.54, 1.807) is 13.2 Å². The molecule has 27 heavy (non-hydrogen) atoms. The molecule has 2 aromatic rings. The van der Waals surface area contributed by atoms with Crippen molar-refractivity contribution < 1.29 is 22.7 Å². The molecule has 8 heteroatoms. The number of aryl methyl sites for hydroxylation is 1. The van der Waals surface area contributed by atoms with E-state index >= 15 is 0 Å². The van der Waals surface area contributed by atoms with Crippen LogP contribution in [0.15, 0.2) is 41.3 Å². The molecule has 0 bridgehead atoms. The number of methoxy groups -OCH3 is 2. The van der Waals surface area contributed by atoms with E-state index in [0.29, 0.717) is 12.2 Å². The number of hydrogen-bond donors (Lipinski definition) is 1. The Hall–Kier alpha value is -2.58. The molecule has 144 valence electrons. The summed E-state index contributed by atoms with van der Waals surface area (Å²) in [6.07, 6.45) is 1.78. The molecule has 0 amide bonds. The summed E-state index contributed by atoms with van der Waals surface area (Å²) < 4.78 is 33.5. The van der Waals surface area contributed by atoms with Gasteiger partial charge < -0.3 is 14.4 Å². The van der Waals surface area contributed by atoms with Crippen LogP contribution in [0.2, 0.25) is 0 Å². The summed E-state index contributed by atoms with van der Waals surface area (Å²) in [6, 6.07) is 10.3. The number of ether oxygens (including phenoxy) is 2. The Morgan fingerprint density at radius 1 is 1.11 bits per heavy atom. The predicted octanol–water partition coefficient (Wildman–Crippen LogP) is 2.08. The number of anilines is 1. The third-order valence-corrected chi connectivity index (χ3v) is 5.60. The second-order valence-corrected chi connectivity index (χ2v) is 7.94. The fourth-order valence-corrected chi connectivity index (χ4v) is 3.85. The van der Waals surface area contributed by atoms with Crippen LogP contribution in [0.5, 0.6) is 5.75 Å². The average molecular weight is 390 g/mol. The highest BCUT2D eigenvalue weighted by molar-refractivity contribution is 7.89. The van der Waals surface area contributed by atoms with E-state index in [-0.39, 0.29) is 10.5 Å². The van der Waals surface area contributed by atoms with Gasteiger partial charge in [0, 0.05) is 13.1 Å². The highest BCUT2D eigenvalue weighted by atomic mass is 32.2. The Labute approximate surface area is 158 Å². The number of fused-ring (bicyclic) bond motifs is 1. The topological polar surface area (TPSA) is 98.9 Å². The number of nitrogens with two attached hydrogens (primary N) is 1. The number of hydrogen-bond acceptors (Lipinski definition) is 6. The molecule has 0 fully saturated rings. The molecule has 7 nitrogen and oxygen atoms in total. The van der Waals surface area contributed by atoms with E-state index in [4.69, 9.17) is 14.6 Å². The summed E-state index contributed by atoms with van der Waals surface area (Å²) in [5.41, 5.74) is 3.15. The van der Waals surface area contributed by atoms with Gasteiger partial charge in [-0.3, -0.25) is 0 Å². The van der Waals surface area contributed by atoms with Crippen LogP contribution in [-0.2, 0) is 27.7 Å². The van der Waals surface area contributed by atoms with Crippen molar-refractivity contribution in [1.82, 2.24) is 0 Å². The summed E-state index contributed by atoms with van der Waals surface area (Å²) in [4.78, 5) is 14.2. The van der Waals surface area contributed by atoms with Crippen LogP contribution in [0.3, 0.4) is 0 Å². The summed E-state index contributed by atoms with van der Waals surface area (Å²) >= 11 is 0. The molecule has 0 saturated carbocycles. The molecule has 3 rings (SSSR count). The molecule has 0 atom stereocenters. The maximum atomic E-state index is 12.3. The number of primary sulfonamides is 1. The molecule has 0 aliphatic carbocycles. The molecule has 0 aromatic heterocycles. The molecule has 0 saturated heterocycles. The van der Waals surface area contributed by atoms with Gasteiger partial charge in [0.15, 0.2) is 0 Å². The Balaban J connectivity index is 2.03. The lowest BCUT2D eigenvalue weighted by atomic mass is 10.0. The van der Waals surface area contributed by atoms with Crippen molar-refractivity contribution in [1.29, 1.82) is 0 Å². The van der Waals surface area contributed by atoms with Crippen LogP contribution >= 0.6 is 0 Å². The van der Waals surface area contributed by atoms with Crippen molar-refractivity contribution in [2.75, 3.05) is 25.7 Å². The van der Waals surface area contributed by atoms with Crippen molar-refractivity contribution in [2.24, 2.45) is 5.14 Å². The lowest BCUT2D eigenvalue weighted by Crippen LogP contribution is -2.25. The molecular formula is C19H22N2O5S.